The first-order valence-electron chi connectivity index (χ1n) is 7.86. The summed E-state index contributed by atoms with van der Waals surface area (Å²) >= 11 is 0. The zero-order chi connectivity index (χ0) is 15.3. The van der Waals surface area contributed by atoms with Gasteiger partial charge in [-0.05, 0) is 41.5 Å². The highest BCUT2D eigenvalue weighted by Crippen LogP contribution is 2.43. The third kappa shape index (κ3) is 2.72. The number of fused-ring (bicyclic) bond motifs is 1. The zero-order valence-corrected chi connectivity index (χ0v) is 12.9. The van der Waals surface area contributed by atoms with Crippen LogP contribution in [-0.4, -0.2) is 19.0 Å². The van der Waals surface area contributed by atoms with Crippen LogP contribution in [0.1, 0.15) is 44.2 Å². The van der Waals surface area contributed by atoms with Crippen LogP contribution in [0.4, 0.5) is 20.2 Å². The van der Waals surface area contributed by atoms with Crippen molar-refractivity contribution in [1.29, 1.82) is 0 Å². The number of halogens is 2. The van der Waals surface area contributed by atoms with Gasteiger partial charge in [0.25, 0.3) is 5.92 Å². The average molecular weight is 294 g/mol. The molecule has 0 radical (unpaired) electrons. The molecule has 1 atom stereocenters. The molecule has 116 valence electrons. The van der Waals surface area contributed by atoms with E-state index in [1.165, 1.54) is 11.1 Å². The third-order valence-corrected chi connectivity index (χ3v) is 5.27. The second-order valence-electron chi connectivity index (χ2n) is 7.04. The van der Waals surface area contributed by atoms with Crippen LogP contribution in [0.25, 0.3) is 0 Å². The Balaban J connectivity index is 1.85. The summed E-state index contributed by atoms with van der Waals surface area (Å²) in [6.45, 7) is 5.31. The minimum atomic E-state index is -2.51. The van der Waals surface area contributed by atoms with E-state index >= 15 is 0 Å². The molecule has 1 heterocycles. The van der Waals surface area contributed by atoms with Crippen molar-refractivity contribution < 1.29 is 8.78 Å². The van der Waals surface area contributed by atoms with Crippen LogP contribution in [0.2, 0.25) is 0 Å². The van der Waals surface area contributed by atoms with E-state index in [0.29, 0.717) is 18.5 Å². The van der Waals surface area contributed by atoms with Crippen molar-refractivity contribution in [3.63, 3.8) is 0 Å². The lowest BCUT2D eigenvalue weighted by Crippen LogP contribution is -2.39. The van der Waals surface area contributed by atoms with Crippen LogP contribution in [0.15, 0.2) is 12.1 Å². The highest BCUT2D eigenvalue weighted by molar-refractivity contribution is 5.71. The predicted molar refractivity (Wildman–Crippen MR) is 83.1 cm³/mol. The molecule has 1 fully saturated rings. The van der Waals surface area contributed by atoms with E-state index in [-0.39, 0.29) is 12.8 Å². The molecule has 0 bridgehead atoms. The van der Waals surface area contributed by atoms with Gasteiger partial charge in [-0.15, -0.1) is 0 Å². The Hall–Kier alpha value is -1.32. The molecule has 2 nitrogen and oxygen atoms in total. The maximum Gasteiger partial charge on any atom is 0.251 e. The molecule has 0 spiro atoms. The van der Waals surface area contributed by atoms with Gasteiger partial charge in [-0.3, -0.25) is 0 Å². The quantitative estimate of drug-likeness (QED) is 0.835. The van der Waals surface area contributed by atoms with Crippen molar-refractivity contribution in [2.75, 3.05) is 23.7 Å². The molecule has 1 aromatic rings. The first-order chi connectivity index (χ1) is 9.82. The van der Waals surface area contributed by atoms with Gasteiger partial charge in [0.1, 0.15) is 0 Å². The molecule has 21 heavy (non-hydrogen) atoms. The molecule has 1 aromatic carbocycles. The molecule has 1 saturated heterocycles. The van der Waals surface area contributed by atoms with Gasteiger partial charge < -0.3 is 10.6 Å². The number of hydrogen-bond acceptors (Lipinski definition) is 2. The van der Waals surface area contributed by atoms with Crippen LogP contribution in [0.5, 0.6) is 0 Å². The summed E-state index contributed by atoms with van der Waals surface area (Å²) in [5, 5.41) is 0. The van der Waals surface area contributed by atoms with Gasteiger partial charge in [0, 0.05) is 25.9 Å². The number of rotatable bonds is 2. The lowest BCUT2D eigenvalue weighted by molar-refractivity contribution is -0.0220. The van der Waals surface area contributed by atoms with E-state index in [4.69, 9.17) is 5.73 Å². The molecule has 1 aliphatic carbocycles. The van der Waals surface area contributed by atoms with Gasteiger partial charge in [0.15, 0.2) is 0 Å². The van der Waals surface area contributed by atoms with Gasteiger partial charge in [0.05, 0.1) is 11.4 Å². The van der Waals surface area contributed by atoms with E-state index in [1.54, 1.807) is 0 Å². The summed E-state index contributed by atoms with van der Waals surface area (Å²) < 4.78 is 26.6. The summed E-state index contributed by atoms with van der Waals surface area (Å²) in [5.41, 5.74) is 10.9. The van der Waals surface area contributed by atoms with Gasteiger partial charge in [-0.2, -0.15) is 0 Å². The van der Waals surface area contributed by atoms with E-state index in [2.05, 4.69) is 26.0 Å². The number of nitrogen functional groups attached to an aromatic ring is 1. The second kappa shape index (κ2) is 4.85. The minimum absolute atomic E-state index is 0.0732. The van der Waals surface area contributed by atoms with E-state index in [1.807, 2.05) is 4.90 Å². The normalized spacial score (nSPS) is 27.7. The molecule has 3 rings (SSSR count). The van der Waals surface area contributed by atoms with E-state index in [0.717, 1.165) is 30.6 Å². The Bertz CT molecular complexity index is 546. The third-order valence-electron chi connectivity index (χ3n) is 5.27. The topological polar surface area (TPSA) is 29.3 Å². The monoisotopic (exact) mass is 294 g/mol. The van der Waals surface area contributed by atoms with Crippen LogP contribution in [0.3, 0.4) is 0 Å². The standard InChI is InChI=1S/C17H24F2N2/c1-3-16(2)10-12-8-14(20)15(9-13(12)11-16)21-6-4-17(18,19)5-7-21/h8-9H,3-7,10-11,20H2,1-2H3. The summed E-state index contributed by atoms with van der Waals surface area (Å²) in [6, 6.07) is 4.22. The lowest BCUT2D eigenvalue weighted by atomic mass is 9.85. The molecule has 4 heteroatoms. The number of piperidine rings is 1. The molecular weight excluding hydrogens is 270 g/mol. The van der Waals surface area contributed by atoms with Crippen molar-refractivity contribution in [1.82, 2.24) is 0 Å². The molecule has 2 aliphatic rings. The number of nitrogens with zero attached hydrogens (tertiary/aromatic N) is 1. The lowest BCUT2D eigenvalue weighted by Gasteiger charge is -2.34. The van der Waals surface area contributed by atoms with Gasteiger partial charge >= 0.3 is 0 Å². The Morgan fingerprint density at radius 1 is 1.14 bits per heavy atom. The SMILES string of the molecule is CCC1(C)Cc2cc(N)c(N3CCC(F)(F)CC3)cc2C1. The number of alkyl halides is 2. The Morgan fingerprint density at radius 3 is 2.29 bits per heavy atom. The van der Waals surface area contributed by atoms with E-state index < -0.39 is 5.92 Å². The fourth-order valence-corrected chi connectivity index (χ4v) is 3.61. The largest absolute Gasteiger partial charge is 0.397 e. The summed E-state index contributed by atoms with van der Waals surface area (Å²) in [6.07, 6.45) is 3.14. The Morgan fingerprint density at radius 2 is 1.71 bits per heavy atom. The second-order valence-corrected chi connectivity index (χ2v) is 7.04. The first-order valence-corrected chi connectivity index (χ1v) is 7.86. The zero-order valence-electron chi connectivity index (χ0n) is 12.9. The molecule has 0 aromatic heterocycles. The van der Waals surface area contributed by atoms with Gasteiger partial charge in [0.2, 0.25) is 0 Å². The van der Waals surface area contributed by atoms with Gasteiger partial charge in [-0.1, -0.05) is 20.3 Å². The number of anilines is 2. The highest BCUT2D eigenvalue weighted by Gasteiger charge is 2.36. The van der Waals surface area contributed by atoms with Crippen molar-refractivity contribution in [3.05, 3.63) is 23.3 Å². The van der Waals surface area contributed by atoms with Crippen molar-refractivity contribution in [2.24, 2.45) is 5.41 Å². The summed E-state index contributed by atoms with van der Waals surface area (Å²) in [4.78, 5) is 2.02. The van der Waals surface area contributed by atoms with Crippen LogP contribution >= 0.6 is 0 Å². The predicted octanol–water partition coefficient (Wildman–Crippen LogP) is 4.02. The first kappa shape index (κ1) is 14.6. The maximum absolute atomic E-state index is 13.3. The Labute approximate surface area is 125 Å². The number of benzene rings is 1. The van der Waals surface area contributed by atoms with Crippen LogP contribution < -0.4 is 10.6 Å². The van der Waals surface area contributed by atoms with Crippen molar-refractivity contribution in [2.45, 2.75) is 51.9 Å². The van der Waals surface area contributed by atoms with Gasteiger partial charge in [-0.25, -0.2) is 8.78 Å². The molecule has 2 N–H and O–H groups in total. The van der Waals surface area contributed by atoms with E-state index in [9.17, 15) is 8.78 Å². The molecule has 0 saturated carbocycles. The Kier molecular flexibility index (Phi) is 3.38. The number of hydrogen-bond donors (Lipinski definition) is 1. The smallest absolute Gasteiger partial charge is 0.251 e. The average Bonchev–Trinajstić information content (AvgIpc) is 2.74. The number of nitrogens with two attached hydrogens (primary N) is 1. The molecule has 1 unspecified atom stereocenters. The summed E-state index contributed by atoms with van der Waals surface area (Å²) in [7, 11) is 0. The minimum Gasteiger partial charge on any atom is -0.397 e. The fraction of sp³-hybridized carbons (Fsp3) is 0.647. The molecule has 0 amide bonds. The molecular formula is C17H24F2N2. The fourth-order valence-electron chi connectivity index (χ4n) is 3.61. The molecule has 1 aliphatic heterocycles. The maximum atomic E-state index is 13.3. The van der Waals surface area contributed by atoms with Crippen LogP contribution in [0, 0.1) is 5.41 Å². The van der Waals surface area contributed by atoms with Crippen LogP contribution in [-0.2, 0) is 12.8 Å². The highest BCUT2D eigenvalue weighted by atomic mass is 19.3. The van der Waals surface area contributed by atoms with Crippen molar-refractivity contribution >= 4 is 11.4 Å². The summed E-state index contributed by atoms with van der Waals surface area (Å²) in [5.74, 6) is -2.51. The van der Waals surface area contributed by atoms with Crippen molar-refractivity contribution in [3.8, 4) is 0 Å².